The van der Waals surface area contributed by atoms with Crippen LogP contribution in [0.25, 0.3) is 0 Å². The van der Waals surface area contributed by atoms with E-state index in [9.17, 15) is 9.59 Å². The van der Waals surface area contributed by atoms with E-state index in [-0.39, 0.29) is 24.3 Å². The molecule has 1 fully saturated rings. The van der Waals surface area contributed by atoms with Gasteiger partial charge in [-0.25, -0.2) is 0 Å². The van der Waals surface area contributed by atoms with Crippen molar-refractivity contribution in [2.45, 2.75) is 50.6 Å². The zero-order chi connectivity index (χ0) is 26.2. The quantitative estimate of drug-likeness (QED) is 0.378. The molecule has 0 saturated heterocycles. The van der Waals surface area contributed by atoms with Gasteiger partial charge in [0.25, 0.3) is 0 Å². The number of carbonyl (C=O) groups is 2. The number of ether oxygens (including phenoxy) is 3. The third kappa shape index (κ3) is 6.43. The number of benzene rings is 2. The zero-order valence-electron chi connectivity index (χ0n) is 21.6. The number of nitrogens with one attached hydrogen (secondary N) is 1. The van der Waals surface area contributed by atoms with Gasteiger partial charge in [-0.1, -0.05) is 37.5 Å². The van der Waals surface area contributed by atoms with Crippen molar-refractivity contribution in [3.8, 4) is 17.2 Å². The summed E-state index contributed by atoms with van der Waals surface area (Å²) in [4.78, 5) is 30.5. The molecule has 0 bridgehead atoms. The molecule has 4 rings (SSSR count). The first-order valence-corrected chi connectivity index (χ1v) is 13.4. The monoisotopic (exact) mass is 522 g/mol. The number of thiophene rings is 1. The molecule has 0 aliphatic heterocycles. The topological polar surface area (TPSA) is 77.1 Å². The van der Waals surface area contributed by atoms with E-state index in [1.54, 1.807) is 44.4 Å². The number of amides is 2. The molecule has 8 heteroatoms. The summed E-state index contributed by atoms with van der Waals surface area (Å²) < 4.78 is 16.4. The van der Waals surface area contributed by atoms with Gasteiger partial charge in [0.1, 0.15) is 11.8 Å². The molecule has 196 valence electrons. The Kier molecular flexibility index (Phi) is 9.06. The van der Waals surface area contributed by atoms with Gasteiger partial charge in [0.05, 0.1) is 27.8 Å². The molecule has 0 unspecified atom stereocenters. The maximum absolute atomic E-state index is 14.0. The zero-order valence-corrected chi connectivity index (χ0v) is 22.4. The normalized spacial score (nSPS) is 14.5. The molecule has 1 saturated carbocycles. The highest BCUT2D eigenvalue weighted by atomic mass is 32.1. The second-order valence-electron chi connectivity index (χ2n) is 9.08. The Balaban J connectivity index is 1.81. The fraction of sp³-hybridized carbons (Fsp3) is 0.379. The lowest BCUT2D eigenvalue weighted by molar-refractivity contribution is -0.127. The summed E-state index contributed by atoms with van der Waals surface area (Å²) in [6.07, 6.45) is 5.41. The van der Waals surface area contributed by atoms with Gasteiger partial charge < -0.3 is 19.5 Å². The SMILES string of the molecule is COc1cccc([C@H](C(=O)NC2CCCCC2)N(C(=O)Cc2cccs2)c2ccc(OC)c(OC)c2)c1. The largest absolute Gasteiger partial charge is 0.497 e. The lowest BCUT2D eigenvalue weighted by atomic mass is 9.94. The number of carbonyl (C=O) groups excluding carboxylic acids is 2. The van der Waals surface area contributed by atoms with E-state index >= 15 is 0 Å². The van der Waals surface area contributed by atoms with Crippen LogP contribution in [-0.2, 0) is 16.0 Å². The second-order valence-corrected chi connectivity index (χ2v) is 10.1. The molecule has 1 N–H and O–H groups in total. The number of methoxy groups -OCH3 is 3. The Morgan fingerprint density at radius 3 is 2.41 bits per heavy atom. The van der Waals surface area contributed by atoms with Gasteiger partial charge in [0.15, 0.2) is 11.5 Å². The van der Waals surface area contributed by atoms with Crippen molar-refractivity contribution in [3.63, 3.8) is 0 Å². The lowest BCUT2D eigenvalue weighted by Gasteiger charge is -2.34. The van der Waals surface area contributed by atoms with Crippen LogP contribution in [0.2, 0.25) is 0 Å². The highest BCUT2D eigenvalue weighted by molar-refractivity contribution is 7.10. The van der Waals surface area contributed by atoms with Gasteiger partial charge in [-0.15, -0.1) is 11.3 Å². The fourth-order valence-corrected chi connectivity index (χ4v) is 5.51. The van der Waals surface area contributed by atoms with Crippen molar-refractivity contribution >= 4 is 28.8 Å². The van der Waals surface area contributed by atoms with E-state index in [0.717, 1.165) is 30.6 Å². The van der Waals surface area contributed by atoms with E-state index in [2.05, 4.69) is 5.32 Å². The molecule has 1 aliphatic carbocycles. The number of anilines is 1. The van der Waals surface area contributed by atoms with Crippen LogP contribution >= 0.6 is 11.3 Å². The minimum Gasteiger partial charge on any atom is -0.497 e. The van der Waals surface area contributed by atoms with Gasteiger partial charge in [-0.05, 0) is 54.1 Å². The third-order valence-electron chi connectivity index (χ3n) is 6.69. The van der Waals surface area contributed by atoms with E-state index in [1.165, 1.54) is 17.8 Å². The van der Waals surface area contributed by atoms with Crippen molar-refractivity contribution in [2.24, 2.45) is 0 Å². The van der Waals surface area contributed by atoms with Crippen molar-refractivity contribution in [3.05, 3.63) is 70.4 Å². The highest BCUT2D eigenvalue weighted by Crippen LogP contribution is 2.37. The van der Waals surface area contributed by atoms with Crippen LogP contribution in [0.1, 0.15) is 48.6 Å². The molecule has 1 atom stereocenters. The van der Waals surface area contributed by atoms with Crippen molar-refractivity contribution < 1.29 is 23.8 Å². The molecule has 2 amide bonds. The third-order valence-corrected chi connectivity index (χ3v) is 7.56. The molecular formula is C29H34N2O5S. The molecule has 2 aromatic carbocycles. The summed E-state index contributed by atoms with van der Waals surface area (Å²) in [5.41, 5.74) is 1.22. The van der Waals surface area contributed by atoms with Crippen LogP contribution in [0.4, 0.5) is 5.69 Å². The number of hydrogen-bond acceptors (Lipinski definition) is 6. The molecule has 1 aromatic heterocycles. The maximum atomic E-state index is 14.0. The Hall–Kier alpha value is -3.52. The van der Waals surface area contributed by atoms with Crippen LogP contribution < -0.4 is 24.4 Å². The average Bonchev–Trinajstić information content (AvgIpc) is 3.44. The Bertz CT molecular complexity index is 1190. The van der Waals surface area contributed by atoms with E-state index in [0.29, 0.717) is 28.5 Å². The maximum Gasteiger partial charge on any atom is 0.248 e. The Morgan fingerprint density at radius 1 is 0.946 bits per heavy atom. The van der Waals surface area contributed by atoms with Crippen LogP contribution in [-0.4, -0.2) is 39.2 Å². The summed E-state index contributed by atoms with van der Waals surface area (Å²) in [6.45, 7) is 0. The first-order valence-electron chi connectivity index (χ1n) is 12.5. The molecule has 0 spiro atoms. The predicted octanol–water partition coefficient (Wildman–Crippen LogP) is 5.54. The number of nitrogens with zero attached hydrogens (tertiary/aromatic N) is 1. The van der Waals surface area contributed by atoms with Gasteiger partial charge in [0.2, 0.25) is 11.8 Å². The summed E-state index contributed by atoms with van der Waals surface area (Å²) in [5.74, 6) is 1.23. The van der Waals surface area contributed by atoms with Gasteiger partial charge in [-0.2, -0.15) is 0 Å². The van der Waals surface area contributed by atoms with E-state index < -0.39 is 6.04 Å². The molecule has 1 heterocycles. The molecule has 1 aliphatic rings. The standard InChI is InChI=1S/C29H34N2O5S/c1-34-23-12-7-9-20(17-23)28(29(33)30-21-10-5-4-6-11-21)31(27(32)19-24-13-8-16-37-24)22-14-15-25(35-2)26(18-22)36-3/h7-9,12-18,21,28H,4-6,10-11,19H2,1-3H3,(H,30,33)/t28-/m1/s1. The Labute approximate surface area is 222 Å². The summed E-state index contributed by atoms with van der Waals surface area (Å²) in [6, 6.07) is 15.7. The Morgan fingerprint density at radius 2 is 1.73 bits per heavy atom. The number of hydrogen-bond donors (Lipinski definition) is 1. The van der Waals surface area contributed by atoms with Gasteiger partial charge in [-0.3, -0.25) is 14.5 Å². The molecule has 0 radical (unpaired) electrons. The van der Waals surface area contributed by atoms with E-state index in [4.69, 9.17) is 14.2 Å². The van der Waals surface area contributed by atoms with Crippen molar-refractivity contribution in [1.29, 1.82) is 0 Å². The first-order chi connectivity index (χ1) is 18.0. The molecular weight excluding hydrogens is 488 g/mol. The minimum absolute atomic E-state index is 0.0917. The van der Waals surface area contributed by atoms with Gasteiger partial charge in [0, 0.05) is 22.7 Å². The first kappa shape index (κ1) is 26.5. The lowest BCUT2D eigenvalue weighted by Crippen LogP contribution is -2.47. The molecule has 3 aromatic rings. The summed E-state index contributed by atoms with van der Waals surface area (Å²) in [5, 5.41) is 5.19. The predicted molar refractivity (Wildman–Crippen MR) is 146 cm³/mol. The average molecular weight is 523 g/mol. The van der Waals surface area contributed by atoms with Crippen molar-refractivity contribution in [1.82, 2.24) is 5.32 Å². The van der Waals surface area contributed by atoms with Crippen LogP contribution in [0, 0.1) is 0 Å². The van der Waals surface area contributed by atoms with Crippen LogP contribution in [0.3, 0.4) is 0 Å². The number of rotatable bonds is 10. The van der Waals surface area contributed by atoms with Crippen molar-refractivity contribution in [2.75, 3.05) is 26.2 Å². The van der Waals surface area contributed by atoms with Crippen LogP contribution in [0.15, 0.2) is 60.0 Å². The van der Waals surface area contributed by atoms with E-state index in [1.807, 2.05) is 41.8 Å². The smallest absolute Gasteiger partial charge is 0.248 e. The van der Waals surface area contributed by atoms with Gasteiger partial charge >= 0.3 is 0 Å². The second kappa shape index (κ2) is 12.6. The minimum atomic E-state index is -0.900. The van der Waals surface area contributed by atoms with Crippen LogP contribution in [0.5, 0.6) is 17.2 Å². The molecule has 7 nitrogen and oxygen atoms in total. The highest BCUT2D eigenvalue weighted by Gasteiger charge is 2.35. The fourth-order valence-electron chi connectivity index (χ4n) is 4.82. The molecule has 37 heavy (non-hydrogen) atoms. The summed E-state index contributed by atoms with van der Waals surface area (Å²) in [7, 11) is 4.70. The summed E-state index contributed by atoms with van der Waals surface area (Å²) >= 11 is 1.52.